The van der Waals surface area contributed by atoms with Crippen molar-refractivity contribution in [1.29, 1.82) is 0 Å². The monoisotopic (exact) mass is 393 g/mol. The van der Waals surface area contributed by atoms with Crippen LogP contribution in [0, 0.1) is 3.57 Å². The number of nitrogens with zero attached hydrogens (tertiary/aromatic N) is 3. The lowest BCUT2D eigenvalue weighted by atomic mass is 10.1. The summed E-state index contributed by atoms with van der Waals surface area (Å²) in [5.74, 6) is 0.809. The zero-order valence-electron chi connectivity index (χ0n) is 9.78. The van der Waals surface area contributed by atoms with Crippen molar-refractivity contribution in [3.63, 3.8) is 0 Å². The summed E-state index contributed by atoms with van der Waals surface area (Å²) in [7, 11) is 0. The third-order valence-corrected chi connectivity index (χ3v) is 4.22. The molecule has 6 heteroatoms. The molecular weight excluding hydrogens is 384 g/mol. The molecule has 3 nitrogen and oxygen atoms in total. The first kappa shape index (κ1) is 14.0. The highest BCUT2D eigenvalue weighted by Gasteiger charge is 2.15. The van der Waals surface area contributed by atoms with E-state index in [1.54, 1.807) is 18.3 Å². The second-order valence-corrected chi connectivity index (χ2v) is 5.93. The van der Waals surface area contributed by atoms with Crippen molar-refractivity contribution in [3.8, 4) is 11.5 Å². The van der Waals surface area contributed by atoms with Crippen molar-refractivity contribution < 1.29 is 0 Å². The Balaban J connectivity index is 2.55. The molecule has 0 saturated heterocycles. The molecule has 2 aromatic rings. The third kappa shape index (κ3) is 2.92. The van der Waals surface area contributed by atoms with Crippen LogP contribution in [0.5, 0.6) is 0 Å². The van der Waals surface area contributed by atoms with Gasteiger partial charge in [0.25, 0.3) is 0 Å². The van der Waals surface area contributed by atoms with Gasteiger partial charge in [0.2, 0.25) is 0 Å². The van der Waals surface area contributed by atoms with Gasteiger partial charge in [0.05, 0.1) is 14.3 Å². The van der Waals surface area contributed by atoms with Crippen LogP contribution in [0.3, 0.4) is 0 Å². The van der Waals surface area contributed by atoms with Crippen LogP contribution >= 0.6 is 45.8 Å². The van der Waals surface area contributed by atoms with E-state index >= 15 is 0 Å². The second-order valence-electron chi connectivity index (χ2n) is 4.05. The van der Waals surface area contributed by atoms with Gasteiger partial charge in [-0.15, -0.1) is 0 Å². The minimum Gasteiger partial charge on any atom is -0.251 e. The van der Waals surface area contributed by atoms with E-state index in [1.807, 2.05) is 0 Å². The first-order valence-electron chi connectivity index (χ1n) is 5.34. The summed E-state index contributed by atoms with van der Waals surface area (Å²) in [6.45, 7) is 4.14. The maximum atomic E-state index is 6.13. The molecule has 18 heavy (non-hydrogen) atoms. The average molecular weight is 394 g/mol. The SMILES string of the molecule is CC(C)c1nc(-c2ccc(Cl)cn2)nc(Cl)c1I. The summed E-state index contributed by atoms with van der Waals surface area (Å²) in [6.07, 6.45) is 1.57. The predicted octanol–water partition coefficient (Wildman–Crippen LogP) is 4.57. The molecule has 0 amide bonds. The van der Waals surface area contributed by atoms with Crippen LogP contribution < -0.4 is 0 Å². The van der Waals surface area contributed by atoms with Crippen molar-refractivity contribution in [1.82, 2.24) is 15.0 Å². The fourth-order valence-electron chi connectivity index (χ4n) is 1.44. The lowest BCUT2D eigenvalue weighted by molar-refractivity contribution is 0.807. The maximum absolute atomic E-state index is 6.13. The molecular formula is C12H10Cl2IN3. The van der Waals surface area contributed by atoms with E-state index in [0.717, 1.165) is 9.26 Å². The van der Waals surface area contributed by atoms with Crippen molar-refractivity contribution >= 4 is 45.8 Å². The van der Waals surface area contributed by atoms with Gasteiger partial charge in [0, 0.05) is 6.20 Å². The van der Waals surface area contributed by atoms with Gasteiger partial charge in [0.1, 0.15) is 10.8 Å². The number of hydrogen-bond donors (Lipinski definition) is 0. The number of hydrogen-bond acceptors (Lipinski definition) is 3. The Hall–Kier alpha value is -0.460. The standard InChI is InChI=1S/C12H10Cl2IN3/c1-6(2)10-9(15)11(14)18-12(17-10)8-4-3-7(13)5-16-8/h3-6H,1-2H3. The van der Waals surface area contributed by atoms with E-state index in [-0.39, 0.29) is 5.92 Å². The minimum atomic E-state index is 0.281. The van der Waals surface area contributed by atoms with E-state index in [1.165, 1.54) is 0 Å². The highest BCUT2D eigenvalue weighted by atomic mass is 127. The van der Waals surface area contributed by atoms with E-state index in [2.05, 4.69) is 51.4 Å². The Morgan fingerprint density at radius 1 is 1.17 bits per heavy atom. The molecule has 0 radical (unpaired) electrons. The smallest absolute Gasteiger partial charge is 0.179 e. The second kappa shape index (κ2) is 5.67. The molecule has 2 heterocycles. The van der Waals surface area contributed by atoms with Gasteiger partial charge >= 0.3 is 0 Å². The van der Waals surface area contributed by atoms with Crippen LogP contribution in [-0.2, 0) is 0 Å². The lowest BCUT2D eigenvalue weighted by Crippen LogP contribution is -2.03. The van der Waals surface area contributed by atoms with Crippen molar-refractivity contribution in [2.45, 2.75) is 19.8 Å². The highest BCUT2D eigenvalue weighted by molar-refractivity contribution is 14.1. The summed E-state index contributed by atoms with van der Waals surface area (Å²) in [5, 5.41) is 1.04. The van der Waals surface area contributed by atoms with Gasteiger partial charge < -0.3 is 0 Å². The van der Waals surface area contributed by atoms with E-state index in [0.29, 0.717) is 21.7 Å². The Morgan fingerprint density at radius 3 is 2.44 bits per heavy atom. The molecule has 0 aliphatic carbocycles. The lowest BCUT2D eigenvalue weighted by Gasteiger charge is -2.10. The largest absolute Gasteiger partial charge is 0.251 e. The summed E-state index contributed by atoms with van der Waals surface area (Å²) in [5.41, 5.74) is 1.60. The van der Waals surface area contributed by atoms with Crippen molar-refractivity contribution in [3.05, 3.63) is 37.8 Å². The van der Waals surface area contributed by atoms with E-state index in [9.17, 15) is 0 Å². The van der Waals surface area contributed by atoms with Crippen LogP contribution in [-0.4, -0.2) is 15.0 Å². The molecule has 2 aromatic heterocycles. The number of rotatable bonds is 2. The van der Waals surface area contributed by atoms with Crippen LogP contribution in [0.25, 0.3) is 11.5 Å². The molecule has 94 valence electrons. The quantitative estimate of drug-likeness (QED) is 0.554. The van der Waals surface area contributed by atoms with Crippen LogP contribution in [0.1, 0.15) is 25.5 Å². The fraction of sp³-hybridized carbons (Fsp3) is 0.250. The van der Waals surface area contributed by atoms with E-state index < -0.39 is 0 Å². The van der Waals surface area contributed by atoms with Crippen molar-refractivity contribution in [2.24, 2.45) is 0 Å². The molecule has 0 fully saturated rings. The Kier molecular flexibility index (Phi) is 4.40. The number of aromatic nitrogens is 3. The van der Waals surface area contributed by atoms with Crippen molar-refractivity contribution in [2.75, 3.05) is 0 Å². The third-order valence-electron chi connectivity index (χ3n) is 2.34. The molecule has 0 atom stereocenters. The molecule has 0 unspecified atom stereocenters. The number of halogens is 3. The Labute approximate surface area is 129 Å². The normalized spacial score (nSPS) is 11.0. The summed E-state index contributed by atoms with van der Waals surface area (Å²) >= 11 is 14.1. The molecule has 0 aliphatic rings. The number of pyridine rings is 1. The van der Waals surface area contributed by atoms with Crippen LogP contribution in [0.15, 0.2) is 18.3 Å². The molecule has 0 bridgehead atoms. The van der Waals surface area contributed by atoms with Crippen LogP contribution in [0.4, 0.5) is 0 Å². The topological polar surface area (TPSA) is 38.7 Å². The fourth-order valence-corrected chi connectivity index (χ4v) is 2.59. The first-order valence-corrected chi connectivity index (χ1v) is 7.17. The minimum absolute atomic E-state index is 0.281. The van der Waals surface area contributed by atoms with Gasteiger partial charge in [-0.1, -0.05) is 37.0 Å². The van der Waals surface area contributed by atoms with Gasteiger partial charge in [-0.3, -0.25) is 4.98 Å². The van der Waals surface area contributed by atoms with Gasteiger partial charge in [-0.05, 0) is 40.6 Å². The predicted molar refractivity (Wildman–Crippen MR) is 82.1 cm³/mol. The molecule has 0 aliphatic heterocycles. The molecule has 0 spiro atoms. The molecule has 2 rings (SSSR count). The molecule has 0 saturated carbocycles. The average Bonchev–Trinajstić information content (AvgIpc) is 2.33. The van der Waals surface area contributed by atoms with E-state index in [4.69, 9.17) is 23.2 Å². The Bertz CT molecular complexity index is 570. The summed E-state index contributed by atoms with van der Waals surface area (Å²) in [6, 6.07) is 3.54. The van der Waals surface area contributed by atoms with Gasteiger partial charge in [0.15, 0.2) is 5.82 Å². The maximum Gasteiger partial charge on any atom is 0.179 e. The van der Waals surface area contributed by atoms with Crippen LogP contribution in [0.2, 0.25) is 10.2 Å². The highest BCUT2D eigenvalue weighted by Crippen LogP contribution is 2.27. The zero-order valence-corrected chi connectivity index (χ0v) is 13.5. The molecule has 0 N–H and O–H groups in total. The summed E-state index contributed by atoms with van der Waals surface area (Å²) in [4.78, 5) is 13.0. The summed E-state index contributed by atoms with van der Waals surface area (Å²) < 4.78 is 0.891. The first-order chi connectivity index (χ1) is 8.49. The molecule has 0 aromatic carbocycles. The van der Waals surface area contributed by atoms with Gasteiger partial charge in [-0.25, -0.2) is 9.97 Å². The Morgan fingerprint density at radius 2 is 1.89 bits per heavy atom. The zero-order chi connectivity index (χ0) is 13.3. The van der Waals surface area contributed by atoms with Gasteiger partial charge in [-0.2, -0.15) is 0 Å².